The van der Waals surface area contributed by atoms with Crippen LogP contribution in [0.2, 0.25) is 0 Å². The minimum atomic E-state index is 0.721. The standard InChI is InChI=1S/C13H15N3/c1-16-13(14)12(8-15-16)11-6-4-10(5-7-11)9-2-3-9/h4-9H,2-3,14H2,1H3. The van der Waals surface area contributed by atoms with E-state index < -0.39 is 0 Å². The largest absolute Gasteiger partial charge is 0.383 e. The third-order valence-corrected chi connectivity index (χ3v) is 3.26. The first-order valence-electron chi connectivity index (χ1n) is 5.63. The molecule has 1 aliphatic carbocycles. The Kier molecular flexibility index (Phi) is 1.99. The van der Waals surface area contributed by atoms with Gasteiger partial charge in [0.25, 0.3) is 0 Å². The van der Waals surface area contributed by atoms with E-state index >= 15 is 0 Å². The molecule has 1 aromatic heterocycles. The number of aromatic nitrogens is 2. The lowest BCUT2D eigenvalue weighted by molar-refractivity contribution is 0.779. The third-order valence-electron chi connectivity index (χ3n) is 3.26. The third kappa shape index (κ3) is 1.48. The van der Waals surface area contributed by atoms with Crippen molar-refractivity contribution in [3.8, 4) is 11.1 Å². The molecule has 1 heterocycles. The molecule has 0 amide bonds. The Hall–Kier alpha value is -1.77. The Morgan fingerprint density at radius 1 is 1.25 bits per heavy atom. The fraction of sp³-hybridized carbons (Fsp3) is 0.308. The van der Waals surface area contributed by atoms with Gasteiger partial charge in [-0.2, -0.15) is 5.10 Å². The van der Waals surface area contributed by atoms with Crippen LogP contribution in [0.4, 0.5) is 5.82 Å². The Morgan fingerprint density at radius 2 is 1.94 bits per heavy atom. The van der Waals surface area contributed by atoms with E-state index in [1.54, 1.807) is 4.68 Å². The van der Waals surface area contributed by atoms with Crippen LogP contribution in [0.5, 0.6) is 0 Å². The number of hydrogen-bond acceptors (Lipinski definition) is 2. The zero-order valence-corrected chi connectivity index (χ0v) is 9.35. The molecule has 2 aromatic rings. The van der Waals surface area contributed by atoms with Crippen molar-refractivity contribution in [2.24, 2.45) is 7.05 Å². The predicted molar refractivity (Wildman–Crippen MR) is 65.0 cm³/mol. The van der Waals surface area contributed by atoms with Crippen LogP contribution in [0.1, 0.15) is 24.3 Å². The lowest BCUT2D eigenvalue weighted by Crippen LogP contribution is -1.98. The van der Waals surface area contributed by atoms with Crippen LogP contribution in [0.25, 0.3) is 11.1 Å². The second-order valence-corrected chi connectivity index (χ2v) is 4.46. The number of anilines is 1. The lowest BCUT2D eigenvalue weighted by Gasteiger charge is -2.02. The Bertz CT molecular complexity index is 506. The van der Waals surface area contributed by atoms with Crippen molar-refractivity contribution >= 4 is 5.82 Å². The van der Waals surface area contributed by atoms with Crippen molar-refractivity contribution < 1.29 is 0 Å². The first kappa shape index (κ1) is 9.46. The van der Waals surface area contributed by atoms with E-state index in [2.05, 4.69) is 29.4 Å². The van der Waals surface area contributed by atoms with Gasteiger partial charge >= 0.3 is 0 Å². The molecule has 1 aliphatic rings. The van der Waals surface area contributed by atoms with Crippen LogP contribution in [0, 0.1) is 0 Å². The van der Waals surface area contributed by atoms with Crippen LogP contribution in [0.3, 0.4) is 0 Å². The molecule has 0 bridgehead atoms. The van der Waals surface area contributed by atoms with E-state index in [1.165, 1.54) is 18.4 Å². The molecule has 0 radical (unpaired) electrons. The maximum atomic E-state index is 5.95. The predicted octanol–water partition coefficient (Wildman–Crippen LogP) is 2.55. The Labute approximate surface area is 94.9 Å². The summed E-state index contributed by atoms with van der Waals surface area (Å²) in [4.78, 5) is 0. The van der Waals surface area contributed by atoms with Crippen molar-refractivity contribution in [1.29, 1.82) is 0 Å². The number of aryl methyl sites for hydroxylation is 1. The number of nitrogen functional groups attached to an aromatic ring is 1. The zero-order valence-electron chi connectivity index (χ0n) is 9.35. The van der Waals surface area contributed by atoms with E-state index in [1.807, 2.05) is 13.2 Å². The molecule has 1 fully saturated rings. The number of hydrogen-bond donors (Lipinski definition) is 1. The van der Waals surface area contributed by atoms with E-state index in [-0.39, 0.29) is 0 Å². The molecule has 1 aromatic carbocycles. The molecule has 3 heteroatoms. The molecule has 0 aliphatic heterocycles. The van der Waals surface area contributed by atoms with Crippen LogP contribution >= 0.6 is 0 Å². The fourth-order valence-corrected chi connectivity index (χ4v) is 2.02. The van der Waals surface area contributed by atoms with E-state index in [9.17, 15) is 0 Å². The summed E-state index contributed by atoms with van der Waals surface area (Å²) in [6, 6.07) is 8.70. The molecule has 1 saturated carbocycles. The Morgan fingerprint density at radius 3 is 2.44 bits per heavy atom. The van der Waals surface area contributed by atoms with E-state index in [0.29, 0.717) is 0 Å². The maximum absolute atomic E-state index is 5.95. The first-order valence-corrected chi connectivity index (χ1v) is 5.63. The van der Waals surface area contributed by atoms with Crippen molar-refractivity contribution in [3.05, 3.63) is 36.0 Å². The Balaban J connectivity index is 1.97. The second kappa shape index (κ2) is 3.37. The summed E-state index contributed by atoms with van der Waals surface area (Å²) >= 11 is 0. The summed E-state index contributed by atoms with van der Waals surface area (Å²) in [6.45, 7) is 0. The molecule has 82 valence electrons. The van der Waals surface area contributed by atoms with Crippen molar-refractivity contribution in [2.45, 2.75) is 18.8 Å². The number of rotatable bonds is 2. The normalized spacial score (nSPS) is 15.3. The summed E-state index contributed by atoms with van der Waals surface area (Å²) < 4.78 is 1.70. The molecule has 3 rings (SSSR count). The maximum Gasteiger partial charge on any atom is 0.129 e. The highest BCUT2D eigenvalue weighted by molar-refractivity contribution is 5.73. The van der Waals surface area contributed by atoms with Gasteiger partial charge in [-0.25, -0.2) is 0 Å². The number of nitrogens with zero attached hydrogens (tertiary/aromatic N) is 2. The minimum Gasteiger partial charge on any atom is -0.383 e. The monoisotopic (exact) mass is 213 g/mol. The summed E-state index contributed by atoms with van der Waals surface area (Å²) in [6.07, 6.45) is 4.50. The average molecular weight is 213 g/mol. The molecule has 0 spiro atoms. The molecule has 3 nitrogen and oxygen atoms in total. The molecule has 0 saturated heterocycles. The molecule has 2 N–H and O–H groups in total. The smallest absolute Gasteiger partial charge is 0.129 e. The molecule has 0 unspecified atom stereocenters. The molecule has 16 heavy (non-hydrogen) atoms. The summed E-state index contributed by atoms with van der Waals surface area (Å²) in [5.74, 6) is 1.53. The summed E-state index contributed by atoms with van der Waals surface area (Å²) in [7, 11) is 1.86. The van der Waals surface area contributed by atoms with Gasteiger partial charge in [0.05, 0.1) is 6.20 Å². The highest BCUT2D eigenvalue weighted by Gasteiger charge is 2.23. The molecular formula is C13H15N3. The SMILES string of the molecule is Cn1ncc(-c2ccc(C3CC3)cc2)c1N. The average Bonchev–Trinajstić information content (AvgIpc) is 3.09. The van der Waals surface area contributed by atoms with Crippen LogP contribution in [-0.2, 0) is 7.05 Å². The second-order valence-electron chi connectivity index (χ2n) is 4.46. The topological polar surface area (TPSA) is 43.8 Å². The fourth-order valence-electron chi connectivity index (χ4n) is 2.02. The number of benzene rings is 1. The molecular weight excluding hydrogens is 198 g/mol. The van der Waals surface area contributed by atoms with Crippen LogP contribution in [0.15, 0.2) is 30.5 Å². The van der Waals surface area contributed by atoms with Gasteiger partial charge in [-0.05, 0) is 29.9 Å². The summed E-state index contributed by atoms with van der Waals surface area (Å²) in [5.41, 5.74) is 9.56. The van der Waals surface area contributed by atoms with Crippen LogP contribution < -0.4 is 5.73 Å². The summed E-state index contributed by atoms with van der Waals surface area (Å²) in [5, 5.41) is 4.15. The highest BCUT2D eigenvalue weighted by atomic mass is 15.3. The van der Waals surface area contributed by atoms with Gasteiger partial charge in [-0.3, -0.25) is 4.68 Å². The van der Waals surface area contributed by atoms with Crippen molar-refractivity contribution in [1.82, 2.24) is 9.78 Å². The van der Waals surface area contributed by atoms with Gasteiger partial charge in [0.15, 0.2) is 0 Å². The zero-order chi connectivity index (χ0) is 11.1. The van der Waals surface area contributed by atoms with Gasteiger partial charge in [0, 0.05) is 12.6 Å². The first-order chi connectivity index (χ1) is 7.75. The lowest BCUT2D eigenvalue weighted by atomic mass is 10.0. The van der Waals surface area contributed by atoms with E-state index in [0.717, 1.165) is 22.9 Å². The quantitative estimate of drug-likeness (QED) is 0.833. The highest BCUT2D eigenvalue weighted by Crippen LogP contribution is 2.40. The van der Waals surface area contributed by atoms with Gasteiger partial charge in [-0.15, -0.1) is 0 Å². The van der Waals surface area contributed by atoms with E-state index in [4.69, 9.17) is 5.73 Å². The number of nitrogens with two attached hydrogens (primary N) is 1. The van der Waals surface area contributed by atoms with Gasteiger partial charge < -0.3 is 5.73 Å². The van der Waals surface area contributed by atoms with Crippen molar-refractivity contribution in [3.63, 3.8) is 0 Å². The molecule has 0 atom stereocenters. The van der Waals surface area contributed by atoms with Gasteiger partial charge in [0.2, 0.25) is 0 Å². The van der Waals surface area contributed by atoms with Gasteiger partial charge in [-0.1, -0.05) is 24.3 Å². The van der Waals surface area contributed by atoms with Crippen molar-refractivity contribution in [2.75, 3.05) is 5.73 Å². The minimum absolute atomic E-state index is 0.721. The van der Waals surface area contributed by atoms with Crippen LogP contribution in [-0.4, -0.2) is 9.78 Å². The van der Waals surface area contributed by atoms with Gasteiger partial charge in [0.1, 0.15) is 5.82 Å².